The number of hydrogen-bond acceptors (Lipinski definition) is 4. The average Bonchev–Trinajstić information content (AvgIpc) is 3.35. The van der Waals surface area contributed by atoms with E-state index in [1.165, 1.54) is 12.5 Å². The van der Waals surface area contributed by atoms with Crippen molar-refractivity contribution in [1.82, 2.24) is 15.5 Å². The minimum Gasteiger partial charge on any atom is -0.340 e. The molecule has 2 aromatic rings. The van der Waals surface area contributed by atoms with Gasteiger partial charge < -0.3 is 16.0 Å². The van der Waals surface area contributed by atoms with E-state index in [0.717, 1.165) is 41.1 Å². The lowest BCUT2D eigenvalue weighted by Gasteiger charge is -2.11. The number of allylic oxidation sites excluding steroid dienone is 3. The maximum absolute atomic E-state index is 11.3. The highest BCUT2D eigenvalue weighted by Crippen LogP contribution is 2.25. The van der Waals surface area contributed by atoms with Gasteiger partial charge in [0.15, 0.2) is 0 Å². The van der Waals surface area contributed by atoms with Crippen LogP contribution < -0.4 is 16.0 Å². The van der Waals surface area contributed by atoms with Crippen LogP contribution in [-0.2, 0) is 4.79 Å². The van der Waals surface area contributed by atoms with Gasteiger partial charge >= 0.3 is 0 Å². The zero-order chi connectivity index (χ0) is 21.5. The van der Waals surface area contributed by atoms with Crippen molar-refractivity contribution in [2.75, 3.05) is 24.2 Å². The van der Waals surface area contributed by atoms with E-state index >= 15 is 0 Å². The molecular formula is C23H28N6O. The van der Waals surface area contributed by atoms with Crippen molar-refractivity contribution >= 4 is 28.7 Å². The van der Waals surface area contributed by atoms with E-state index in [-0.39, 0.29) is 5.91 Å². The highest BCUT2D eigenvalue weighted by atomic mass is 16.1. The van der Waals surface area contributed by atoms with Gasteiger partial charge in [-0.1, -0.05) is 18.7 Å². The average molecular weight is 405 g/mol. The SMILES string of the molecule is C=C(/C=C(\CC1CN1)c1cn[nH]c1)/C(C)=C\C(=NC)Nc1cccc(NC(C)=O)c1. The minimum atomic E-state index is -0.106. The van der Waals surface area contributed by atoms with Crippen LogP contribution in [0, 0.1) is 0 Å². The second-order valence-electron chi connectivity index (χ2n) is 7.31. The Labute approximate surface area is 177 Å². The Hall–Kier alpha value is -3.45. The molecule has 156 valence electrons. The quantitative estimate of drug-likeness (QED) is 0.233. The fourth-order valence-corrected chi connectivity index (χ4v) is 2.98. The number of H-pyrrole nitrogens is 1. The molecule has 2 heterocycles. The lowest BCUT2D eigenvalue weighted by Crippen LogP contribution is -2.11. The Kier molecular flexibility index (Phi) is 6.98. The number of aromatic amines is 1. The summed E-state index contributed by atoms with van der Waals surface area (Å²) in [5.74, 6) is 0.598. The molecule has 1 amide bonds. The van der Waals surface area contributed by atoms with Crippen molar-refractivity contribution in [3.63, 3.8) is 0 Å². The van der Waals surface area contributed by atoms with Crippen molar-refractivity contribution in [3.8, 4) is 0 Å². The first-order valence-corrected chi connectivity index (χ1v) is 9.86. The Morgan fingerprint density at radius 1 is 1.30 bits per heavy atom. The monoisotopic (exact) mass is 404 g/mol. The Balaban J connectivity index is 1.73. The van der Waals surface area contributed by atoms with E-state index in [4.69, 9.17) is 0 Å². The Morgan fingerprint density at radius 3 is 2.63 bits per heavy atom. The second kappa shape index (κ2) is 9.84. The van der Waals surface area contributed by atoms with E-state index in [0.29, 0.717) is 11.9 Å². The van der Waals surface area contributed by atoms with Crippen molar-refractivity contribution in [1.29, 1.82) is 0 Å². The number of hydrogen-bond donors (Lipinski definition) is 4. The molecule has 1 saturated heterocycles. The molecule has 1 aromatic heterocycles. The molecule has 4 N–H and O–H groups in total. The number of anilines is 2. The number of aromatic nitrogens is 2. The number of amidine groups is 1. The van der Waals surface area contributed by atoms with Crippen LogP contribution in [0.4, 0.5) is 11.4 Å². The first-order valence-electron chi connectivity index (χ1n) is 9.86. The number of nitrogens with one attached hydrogen (secondary N) is 4. The summed E-state index contributed by atoms with van der Waals surface area (Å²) in [7, 11) is 1.73. The summed E-state index contributed by atoms with van der Waals surface area (Å²) in [6.45, 7) is 8.80. The number of benzene rings is 1. The fraction of sp³-hybridized carbons (Fsp3) is 0.261. The predicted octanol–water partition coefficient (Wildman–Crippen LogP) is 3.76. The fourth-order valence-electron chi connectivity index (χ4n) is 2.98. The third-order valence-corrected chi connectivity index (χ3v) is 4.73. The van der Waals surface area contributed by atoms with E-state index in [2.05, 4.69) is 43.8 Å². The molecule has 0 radical (unpaired) electrons. The molecule has 0 spiro atoms. The van der Waals surface area contributed by atoms with Gasteiger partial charge in [-0.3, -0.25) is 14.9 Å². The Bertz CT molecular complexity index is 996. The van der Waals surface area contributed by atoms with Gasteiger partial charge in [0.25, 0.3) is 0 Å². The van der Waals surface area contributed by atoms with Crippen LogP contribution in [0.15, 0.2) is 71.5 Å². The van der Waals surface area contributed by atoms with Gasteiger partial charge in [-0.2, -0.15) is 5.10 Å². The Morgan fingerprint density at radius 2 is 2.03 bits per heavy atom. The molecule has 1 unspecified atom stereocenters. The molecule has 7 heteroatoms. The smallest absolute Gasteiger partial charge is 0.221 e. The molecule has 1 fully saturated rings. The first-order chi connectivity index (χ1) is 14.4. The minimum absolute atomic E-state index is 0.106. The molecule has 7 nitrogen and oxygen atoms in total. The third-order valence-electron chi connectivity index (χ3n) is 4.73. The van der Waals surface area contributed by atoms with Crippen LogP contribution in [0.1, 0.15) is 25.8 Å². The lowest BCUT2D eigenvalue weighted by molar-refractivity contribution is -0.114. The van der Waals surface area contributed by atoms with Crippen LogP contribution in [0.25, 0.3) is 5.57 Å². The van der Waals surface area contributed by atoms with Gasteiger partial charge in [-0.15, -0.1) is 0 Å². The normalized spacial score (nSPS) is 16.9. The summed E-state index contributed by atoms with van der Waals surface area (Å²) in [5.41, 5.74) is 5.77. The summed E-state index contributed by atoms with van der Waals surface area (Å²) in [4.78, 5) is 15.6. The van der Waals surface area contributed by atoms with Crippen LogP contribution in [-0.4, -0.2) is 41.6 Å². The first kappa shape index (κ1) is 21.3. The van der Waals surface area contributed by atoms with Crippen LogP contribution in [0.5, 0.6) is 0 Å². The number of aliphatic imine (C=N–C) groups is 1. The van der Waals surface area contributed by atoms with Crippen molar-refractivity contribution in [2.24, 2.45) is 4.99 Å². The van der Waals surface area contributed by atoms with Gasteiger partial charge in [0.2, 0.25) is 5.91 Å². The van der Waals surface area contributed by atoms with Gasteiger partial charge in [0, 0.05) is 49.7 Å². The highest BCUT2D eigenvalue weighted by Gasteiger charge is 2.22. The van der Waals surface area contributed by atoms with Crippen LogP contribution >= 0.6 is 0 Å². The summed E-state index contributed by atoms with van der Waals surface area (Å²) in [6.07, 6.45) is 8.76. The molecule has 3 rings (SSSR count). The zero-order valence-corrected chi connectivity index (χ0v) is 17.6. The summed E-state index contributed by atoms with van der Waals surface area (Å²) in [6, 6.07) is 8.03. The largest absolute Gasteiger partial charge is 0.340 e. The lowest BCUT2D eigenvalue weighted by atomic mass is 9.98. The molecular weight excluding hydrogens is 376 g/mol. The van der Waals surface area contributed by atoms with Crippen molar-refractivity contribution in [2.45, 2.75) is 26.3 Å². The van der Waals surface area contributed by atoms with Gasteiger partial charge in [0.1, 0.15) is 5.84 Å². The van der Waals surface area contributed by atoms with Gasteiger partial charge in [-0.25, -0.2) is 0 Å². The number of rotatable bonds is 8. The van der Waals surface area contributed by atoms with E-state index < -0.39 is 0 Å². The summed E-state index contributed by atoms with van der Waals surface area (Å²) >= 11 is 0. The number of carbonyl (C=O) groups is 1. The maximum atomic E-state index is 11.3. The number of amides is 1. The second-order valence-corrected chi connectivity index (χ2v) is 7.31. The van der Waals surface area contributed by atoms with Gasteiger partial charge in [0.05, 0.1) is 6.20 Å². The molecule has 0 bridgehead atoms. The van der Waals surface area contributed by atoms with Crippen LogP contribution in [0.2, 0.25) is 0 Å². The molecule has 1 aliphatic rings. The molecule has 1 aromatic carbocycles. The number of carbonyl (C=O) groups excluding carboxylic acids is 1. The number of nitrogens with zero attached hydrogens (tertiary/aromatic N) is 2. The molecule has 0 saturated carbocycles. The predicted molar refractivity (Wildman–Crippen MR) is 124 cm³/mol. The van der Waals surface area contributed by atoms with Crippen LogP contribution in [0.3, 0.4) is 0 Å². The molecule has 1 atom stereocenters. The zero-order valence-electron chi connectivity index (χ0n) is 17.6. The standard InChI is InChI=1S/C23H28N6O/c1-15(8-18(10-22-14-25-22)19-12-26-27-13-19)16(2)9-23(24-4)29-21-7-5-6-20(11-21)28-17(3)30/h5-9,11-13,22,25H,1,10,14H2,2-4H3,(H,24,29)(H,26,27)(H,28,30)/b16-9-,18-8+. The highest BCUT2D eigenvalue weighted by molar-refractivity contribution is 6.05. The van der Waals surface area contributed by atoms with Crippen molar-refractivity contribution < 1.29 is 4.79 Å². The summed E-state index contributed by atoms with van der Waals surface area (Å²) in [5, 5.41) is 16.4. The molecule has 1 aliphatic heterocycles. The summed E-state index contributed by atoms with van der Waals surface area (Å²) < 4.78 is 0. The van der Waals surface area contributed by atoms with E-state index in [1.807, 2.05) is 49.7 Å². The van der Waals surface area contributed by atoms with Gasteiger partial charge in [-0.05, 0) is 54.3 Å². The molecule has 0 aliphatic carbocycles. The third kappa shape index (κ3) is 6.28. The van der Waals surface area contributed by atoms with E-state index in [1.54, 1.807) is 7.05 Å². The van der Waals surface area contributed by atoms with E-state index in [9.17, 15) is 4.79 Å². The van der Waals surface area contributed by atoms with Crippen molar-refractivity contribution in [3.05, 3.63) is 72.1 Å². The molecule has 30 heavy (non-hydrogen) atoms. The topological polar surface area (TPSA) is 104 Å². The maximum Gasteiger partial charge on any atom is 0.221 e.